The summed E-state index contributed by atoms with van der Waals surface area (Å²) in [4.78, 5) is 23.4. The molecule has 18 nitrogen and oxygen atoms in total. The van der Waals surface area contributed by atoms with Gasteiger partial charge in [0, 0.05) is 13.8 Å². The van der Waals surface area contributed by atoms with Crippen molar-refractivity contribution in [1.29, 1.82) is 0 Å². The zero-order valence-corrected chi connectivity index (χ0v) is 21.7. The molecule has 18 heteroatoms. The molecule has 0 spiro atoms. The van der Waals surface area contributed by atoms with Crippen LogP contribution in [-0.4, -0.2) is 170 Å². The van der Waals surface area contributed by atoms with Gasteiger partial charge in [-0.1, -0.05) is 0 Å². The Morgan fingerprint density at radius 3 is 1.75 bits per heavy atom. The van der Waals surface area contributed by atoms with Gasteiger partial charge in [-0.15, -0.1) is 0 Å². The standard InChI is InChI=1S/C22H38N2O16/c1-6(27)23-11-16(32)14(30)10(37-20(11)35)5-36-21-12(24-7(2)28)19(15(31)9(4-26)38-21)40-22-18(34)17(33)13(29)8(3-25)39-22/h8-22,25-26,29-35H,3-5H2,1-2H3,(H,23,27)(H,24,28)/t8-,9-,10-,11-,12-,13+,14+,15-,16-,17+,18-,19-,20+,21-,22+/m1/s1. The molecule has 0 aromatic rings. The lowest BCUT2D eigenvalue weighted by Gasteiger charge is -2.47. The minimum atomic E-state index is -1.86. The molecule has 0 bridgehead atoms. The Kier molecular flexibility index (Phi) is 11.5. The van der Waals surface area contributed by atoms with Crippen LogP contribution in [0.3, 0.4) is 0 Å². The molecule has 3 saturated heterocycles. The van der Waals surface area contributed by atoms with Crippen molar-refractivity contribution in [2.75, 3.05) is 19.8 Å². The van der Waals surface area contributed by atoms with Gasteiger partial charge in [0.15, 0.2) is 18.9 Å². The van der Waals surface area contributed by atoms with Gasteiger partial charge in [0.1, 0.15) is 73.1 Å². The van der Waals surface area contributed by atoms with E-state index >= 15 is 0 Å². The van der Waals surface area contributed by atoms with Crippen LogP contribution in [0.25, 0.3) is 0 Å². The number of rotatable bonds is 9. The third kappa shape index (κ3) is 7.23. The molecule has 232 valence electrons. The van der Waals surface area contributed by atoms with Crippen LogP contribution in [0, 0.1) is 0 Å². The van der Waals surface area contributed by atoms with Crippen molar-refractivity contribution < 1.29 is 79.2 Å². The first-order valence-corrected chi connectivity index (χ1v) is 12.6. The Bertz CT molecular complexity index is 852. The van der Waals surface area contributed by atoms with E-state index in [1.165, 1.54) is 0 Å². The van der Waals surface area contributed by atoms with Gasteiger partial charge in [0.25, 0.3) is 0 Å². The molecule has 3 heterocycles. The molecule has 40 heavy (non-hydrogen) atoms. The summed E-state index contributed by atoms with van der Waals surface area (Å²) >= 11 is 0. The minimum absolute atomic E-state index is 0.580. The molecule has 15 atom stereocenters. The second-order valence-electron chi connectivity index (χ2n) is 9.85. The first kappa shape index (κ1) is 32.9. The van der Waals surface area contributed by atoms with Gasteiger partial charge in [-0.3, -0.25) is 9.59 Å². The molecule has 0 radical (unpaired) electrons. The van der Waals surface area contributed by atoms with E-state index in [4.69, 9.17) is 23.7 Å². The maximum atomic E-state index is 12.0. The Balaban J connectivity index is 1.79. The van der Waals surface area contributed by atoms with Crippen molar-refractivity contribution in [3.05, 3.63) is 0 Å². The van der Waals surface area contributed by atoms with Crippen molar-refractivity contribution in [2.45, 2.75) is 106 Å². The second kappa shape index (κ2) is 14.0. The quantitative estimate of drug-likeness (QED) is 0.120. The van der Waals surface area contributed by atoms with Crippen LogP contribution in [0.1, 0.15) is 13.8 Å². The van der Waals surface area contributed by atoms with Crippen molar-refractivity contribution in [2.24, 2.45) is 0 Å². The molecule has 11 N–H and O–H groups in total. The average molecular weight is 587 g/mol. The van der Waals surface area contributed by atoms with Gasteiger partial charge < -0.3 is 80.3 Å². The number of aliphatic hydroxyl groups excluding tert-OH is 9. The smallest absolute Gasteiger partial charge is 0.217 e. The predicted octanol–water partition coefficient (Wildman–Crippen LogP) is -7.29. The van der Waals surface area contributed by atoms with E-state index in [0.717, 1.165) is 13.8 Å². The highest BCUT2D eigenvalue weighted by Gasteiger charge is 2.52. The normalized spacial score (nSPS) is 46.0. The van der Waals surface area contributed by atoms with Crippen molar-refractivity contribution in [3.63, 3.8) is 0 Å². The largest absolute Gasteiger partial charge is 0.394 e. The summed E-state index contributed by atoms with van der Waals surface area (Å²) in [6.07, 6.45) is -21.0. The molecular formula is C22H38N2O16. The van der Waals surface area contributed by atoms with Crippen LogP contribution in [0.4, 0.5) is 0 Å². The van der Waals surface area contributed by atoms with E-state index in [-0.39, 0.29) is 0 Å². The van der Waals surface area contributed by atoms with Crippen LogP contribution in [0.15, 0.2) is 0 Å². The summed E-state index contributed by atoms with van der Waals surface area (Å²) in [5.41, 5.74) is 0. The van der Waals surface area contributed by atoms with Gasteiger partial charge in [0.2, 0.25) is 11.8 Å². The highest BCUT2D eigenvalue weighted by molar-refractivity contribution is 5.73. The molecular weight excluding hydrogens is 548 g/mol. The van der Waals surface area contributed by atoms with Gasteiger partial charge in [-0.25, -0.2) is 0 Å². The maximum absolute atomic E-state index is 12.0. The first-order valence-electron chi connectivity index (χ1n) is 12.6. The van der Waals surface area contributed by atoms with E-state index < -0.39 is 124 Å². The van der Waals surface area contributed by atoms with Crippen LogP contribution >= 0.6 is 0 Å². The van der Waals surface area contributed by atoms with Crippen LogP contribution < -0.4 is 10.6 Å². The highest BCUT2D eigenvalue weighted by Crippen LogP contribution is 2.30. The number of carbonyl (C=O) groups is 2. The van der Waals surface area contributed by atoms with Crippen molar-refractivity contribution >= 4 is 11.8 Å². The highest BCUT2D eigenvalue weighted by atomic mass is 16.7. The van der Waals surface area contributed by atoms with Gasteiger partial charge >= 0.3 is 0 Å². The molecule has 2 amide bonds. The molecule has 3 rings (SSSR count). The van der Waals surface area contributed by atoms with Gasteiger partial charge in [0.05, 0.1) is 19.8 Å². The zero-order chi connectivity index (χ0) is 29.9. The fraction of sp³-hybridized carbons (Fsp3) is 0.909. The van der Waals surface area contributed by atoms with E-state index in [9.17, 15) is 55.5 Å². The number of ether oxygens (including phenoxy) is 5. The predicted molar refractivity (Wildman–Crippen MR) is 124 cm³/mol. The number of nitrogens with one attached hydrogen (secondary N) is 2. The summed E-state index contributed by atoms with van der Waals surface area (Å²) in [5, 5.41) is 96.3. The van der Waals surface area contributed by atoms with E-state index in [0.29, 0.717) is 0 Å². The summed E-state index contributed by atoms with van der Waals surface area (Å²) in [6, 6.07) is -2.72. The molecule has 0 aromatic heterocycles. The van der Waals surface area contributed by atoms with Crippen LogP contribution in [0.5, 0.6) is 0 Å². The number of hydrogen-bond acceptors (Lipinski definition) is 16. The Labute approximate surface area is 228 Å². The van der Waals surface area contributed by atoms with Crippen molar-refractivity contribution in [1.82, 2.24) is 10.6 Å². The number of hydrogen-bond donors (Lipinski definition) is 11. The lowest BCUT2D eigenvalue weighted by Crippen LogP contribution is -2.68. The third-order valence-corrected chi connectivity index (χ3v) is 6.88. The summed E-state index contributed by atoms with van der Waals surface area (Å²) in [7, 11) is 0. The number of aliphatic hydroxyl groups is 9. The molecule has 0 unspecified atom stereocenters. The fourth-order valence-electron chi connectivity index (χ4n) is 4.76. The molecule has 3 fully saturated rings. The van der Waals surface area contributed by atoms with E-state index in [2.05, 4.69) is 10.6 Å². The van der Waals surface area contributed by atoms with Gasteiger partial charge in [-0.2, -0.15) is 0 Å². The first-order chi connectivity index (χ1) is 18.8. The van der Waals surface area contributed by atoms with E-state index in [1.54, 1.807) is 0 Å². The van der Waals surface area contributed by atoms with Crippen LogP contribution in [0.2, 0.25) is 0 Å². The number of carbonyl (C=O) groups excluding carboxylic acids is 2. The Morgan fingerprint density at radius 2 is 1.18 bits per heavy atom. The monoisotopic (exact) mass is 586 g/mol. The molecule has 0 saturated carbocycles. The van der Waals surface area contributed by atoms with Crippen molar-refractivity contribution in [3.8, 4) is 0 Å². The third-order valence-electron chi connectivity index (χ3n) is 6.88. The Morgan fingerprint density at radius 1 is 0.650 bits per heavy atom. The number of amides is 2. The topological polar surface area (TPSA) is 286 Å². The molecule has 0 aromatic carbocycles. The lowest BCUT2D eigenvalue weighted by atomic mass is 9.95. The second-order valence-corrected chi connectivity index (χ2v) is 9.85. The summed E-state index contributed by atoms with van der Waals surface area (Å²) in [6.45, 7) is 0.143. The summed E-state index contributed by atoms with van der Waals surface area (Å²) in [5.74, 6) is -1.25. The minimum Gasteiger partial charge on any atom is -0.394 e. The molecule has 0 aliphatic carbocycles. The maximum Gasteiger partial charge on any atom is 0.217 e. The van der Waals surface area contributed by atoms with Gasteiger partial charge in [-0.05, 0) is 0 Å². The fourth-order valence-corrected chi connectivity index (χ4v) is 4.76. The lowest BCUT2D eigenvalue weighted by molar-refractivity contribution is -0.348. The van der Waals surface area contributed by atoms with Crippen LogP contribution in [-0.2, 0) is 33.3 Å². The summed E-state index contributed by atoms with van der Waals surface area (Å²) < 4.78 is 27.5. The average Bonchev–Trinajstić information content (AvgIpc) is 2.90. The molecule has 3 aliphatic heterocycles. The SMILES string of the molecule is CC(=O)N[C@@H]1[C@@H](O)[C@@H](O)[C@@H](CO[C@@H]2O[C@H](CO)[C@@H](O)[C@H](O[C@@H]3O[C@H](CO)[C@H](O)[C@H](O)[C@H]3O)[C@H]2NC(C)=O)O[C@@H]1O. The Hall–Kier alpha value is -1.62. The van der Waals surface area contributed by atoms with E-state index in [1.807, 2.05) is 0 Å². The zero-order valence-electron chi connectivity index (χ0n) is 21.7. The molecule has 3 aliphatic rings.